The molecule has 1 unspecified atom stereocenters. The highest BCUT2D eigenvalue weighted by molar-refractivity contribution is 9.09. The predicted octanol–water partition coefficient (Wildman–Crippen LogP) is 4.99. The monoisotopic (exact) mass is 353 g/mol. The summed E-state index contributed by atoms with van der Waals surface area (Å²) in [6, 6.07) is 3.02. The number of alkyl halides is 4. The van der Waals surface area contributed by atoms with E-state index in [9.17, 15) is 17.6 Å². The van der Waals surface area contributed by atoms with E-state index in [0.717, 1.165) is 37.1 Å². The molecular formula is C14H16BrF4N. The van der Waals surface area contributed by atoms with Crippen molar-refractivity contribution in [3.63, 3.8) is 0 Å². The number of rotatable bonds is 4. The van der Waals surface area contributed by atoms with Gasteiger partial charge in [-0.2, -0.15) is 13.2 Å². The zero-order valence-corrected chi connectivity index (χ0v) is 12.5. The summed E-state index contributed by atoms with van der Waals surface area (Å²) in [5.74, 6) is -0.787. The molecule has 6 heteroatoms. The fraction of sp³-hybridized carbons (Fsp3) is 0.571. The Morgan fingerprint density at radius 1 is 1.30 bits per heavy atom. The lowest BCUT2D eigenvalue weighted by atomic mass is 10.1. The molecule has 0 saturated carbocycles. The molecule has 1 aromatic rings. The van der Waals surface area contributed by atoms with Gasteiger partial charge in [-0.25, -0.2) is 4.39 Å². The van der Waals surface area contributed by atoms with Gasteiger partial charge in [-0.15, -0.1) is 0 Å². The van der Waals surface area contributed by atoms with Crippen LogP contribution in [0.25, 0.3) is 0 Å². The SMILES string of the molecule is Fc1cc(C(F)(F)F)ccc1N1CCCC1CCCBr. The van der Waals surface area contributed by atoms with Gasteiger partial charge < -0.3 is 4.90 Å². The average Bonchev–Trinajstić information content (AvgIpc) is 2.83. The average molecular weight is 354 g/mol. The standard InChI is InChI=1S/C14H16BrF4N/c15-7-1-3-11-4-2-8-20(11)13-6-5-10(9-12(13)16)14(17,18)19/h5-6,9,11H,1-4,7-8H2. The molecular weight excluding hydrogens is 338 g/mol. The number of benzene rings is 1. The summed E-state index contributed by atoms with van der Waals surface area (Å²) in [7, 11) is 0. The van der Waals surface area contributed by atoms with Crippen LogP contribution in [-0.4, -0.2) is 17.9 Å². The van der Waals surface area contributed by atoms with Crippen molar-refractivity contribution in [2.24, 2.45) is 0 Å². The van der Waals surface area contributed by atoms with E-state index in [0.29, 0.717) is 12.6 Å². The number of anilines is 1. The molecule has 0 amide bonds. The second-order valence-corrected chi connectivity index (χ2v) is 5.78. The Bertz CT molecular complexity index is 461. The Morgan fingerprint density at radius 2 is 2.05 bits per heavy atom. The third-order valence-electron chi connectivity index (χ3n) is 3.63. The maximum Gasteiger partial charge on any atom is 0.416 e. The minimum Gasteiger partial charge on any atom is -0.366 e. The van der Waals surface area contributed by atoms with E-state index in [1.807, 2.05) is 4.90 Å². The first kappa shape index (κ1) is 15.6. The highest BCUT2D eigenvalue weighted by Gasteiger charge is 2.33. The van der Waals surface area contributed by atoms with Gasteiger partial charge in [0.15, 0.2) is 0 Å². The van der Waals surface area contributed by atoms with Crippen LogP contribution in [0.3, 0.4) is 0 Å². The lowest BCUT2D eigenvalue weighted by Gasteiger charge is -2.27. The molecule has 2 rings (SSSR count). The van der Waals surface area contributed by atoms with Crippen LogP contribution in [-0.2, 0) is 6.18 Å². The Kier molecular flexibility index (Phi) is 4.94. The molecule has 1 nitrogen and oxygen atoms in total. The first-order valence-electron chi connectivity index (χ1n) is 6.63. The maximum absolute atomic E-state index is 14.0. The minimum absolute atomic E-state index is 0.221. The van der Waals surface area contributed by atoms with E-state index in [-0.39, 0.29) is 11.7 Å². The quantitative estimate of drug-likeness (QED) is 0.544. The predicted molar refractivity (Wildman–Crippen MR) is 74.8 cm³/mol. The molecule has 1 fully saturated rings. The van der Waals surface area contributed by atoms with Crippen LogP contribution >= 0.6 is 15.9 Å². The van der Waals surface area contributed by atoms with E-state index in [1.54, 1.807) is 0 Å². The first-order valence-corrected chi connectivity index (χ1v) is 7.75. The van der Waals surface area contributed by atoms with Gasteiger partial charge in [-0.1, -0.05) is 15.9 Å². The second-order valence-electron chi connectivity index (χ2n) is 4.98. The minimum atomic E-state index is -4.50. The Hall–Kier alpha value is -0.780. The molecule has 1 aliphatic heterocycles. The van der Waals surface area contributed by atoms with Crippen molar-refractivity contribution in [2.45, 2.75) is 37.9 Å². The van der Waals surface area contributed by atoms with Crippen LogP contribution in [0.15, 0.2) is 18.2 Å². The normalized spacial score (nSPS) is 19.6. The van der Waals surface area contributed by atoms with Crippen molar-refractivity contribution in [3.8, 4) is 0 Å². The highest BCUT2D eigenvalue weighted by atomic mass is 79.9. The van der Waals surface area contributed by atoms with Gasteiger partial charge in [-0.3, -0.25) is 0 Å². The Labute approximate surface area is 124 Å². The third-order valence-corrected chi connectivity index (χ3v) is 4.19. The number of nitrogens with zero attached hydrogens (tertiary/aromatic N) is 1. The lowest BCUT2D eigenvalue weighted by Crippen LogP contribution is -2.30. The van der Waals surface area contributed by atoms with Gasteiger partial charge in [0.2, 0.25) is 0 Å². The summed E-state index contributed by atoms with van der Waals surface area (Å²) in [4.78, 5) is 1.90. The van der Waals surface area contributed by atoms with Gasteiger partial charge in [0.05, 0.1) is 11.3 Å². The van der Waals surface area contributed by atoms with Gasteiger partial charge in [0.1, 0.15) is 5.82 Å². The Balaban J connectivity index is 2.20. The van der Waals surface area contributed by atoms with Crippen molar-refractivity contribution >= 4 is 21.6 Å². The van der Waals surface area contributed by atoms with Crippen LogP contribution in [0.2, 0.25) is 0 Å². The molecule has 1 atom stereocenters. The maximum atomic E-state index is 14.0. The summed E-state index contributed by atoms with van der Waals surface area (Å²) >= 11 is 3.36. The Morgan fingerprint density at radius 3 is 2.65 bits per heavy atom. The summed E-state index contributed by atoms with van der Waals surface area (Å²) in [5.41, 5.74) is -0.648. The molecule has 0 N–H and O–H groups in total. The molecule has 1 aromatic carbocycles. The molecule has 0 bridgehead atoms. The van der Waals surface area contributed by atoms with Gasteiger partial charge in [0, 0.05) is 17.9 Å². The molecule has 1 aliphatic rings. The molecule has 112 valence electrons. The second kappa shape index (κ2) is 6.33. The molecule has 0 radical (unpaired) electrons. The summed E-state index contributed by atoms with van der Waals surface area (Å²) in [6.07, 6.45) is -0.685. The smallest absolute Gasteiger partial charge is 0.366 e. The van der Waals surface area contributed by atoms with E-state index >= 15 is 0 Å². The van der Waals surface area contributed by atoms with Crippen molar-refractivity contribution < 1.29 is 17.6 Å². The summed E-state index contributed by atoms with van der Waals surface area (Å²) in [5, 5.41) is 0.882. The molecule has 1 saturated heterocycles. The highest BCUT2D eigenvalue weighted by Crippen LogP contribution is 2.35. The van der Waals surface area contributed by atoms with Crippen LogP contribution in [0, 0.1) is 5.82 Å². The number of halogens is 5. The topological polar surface area (TPSA) is 3.24 Å². The van der Waals surface area contributed by atoms with Crippen LogP contribution in [0.4, 0.5) is 23.2 Å². The molecule has 1 heterocycles. The van der Waals surface area contributed by atoms with Crippen molar-refractivity contribution in [3.05, 3.63) is 29.6 Å². The van der Waals surface area contributed by atoms with Gasteiger partial charge in [-0.05, 0) is 43.9 Å². The van der Waals surface area contributed by atoms with E-state index in [4.69, 9.17) is 0 Å². The number of hydrogen-bond donors (Lipinski definition) is 0. The molecule has 0 aromatic heterocycles. The van der Waals surface area contributed by atoms with E-state index < -0.39 is 17.6 Å². The van der Waals surface area contributed by atoms with Crippen molar-refractivity contribution in [1.29, 1.82) is 0 Å². The molecule has 0 spiro atoms. The van der Waals surface area contributed by atoms with Crippen molar-refractivity contribution in [2.75, 3.05) is 16.8 Å². The fourth-order valence-corrected chi connectivity index (χ4v) is 3.01. The van der Waals surface area contributed by atoms with Crippen LogP contribution in [0.5, 0.6) is 0 Å². The molecule has 0 aliphatic carbocycles. The fourth-order valence-electron chi connectivity index (χ4n) is 2.68. The van der Waals surface area contributed by atoms with E-state index in [1.165, 1.54) is 6.07 Å². The summed E-state index contributed by atoms with van der Waals surface area (Å²) in [6.45, 7) is 0.704. The van der Waals surface area contributed by atoms with Gasteiger partial charge in [0.25, 0.3) is 0 Å². The third kappa shape index (κ3) is 3.45. The largest absolute Gasteiger partial charge is 0.416 e. The lowest BCUT2D eigenvalue weighted by molar-refractivity contribution is -0.137. The molecule has 20 heavy (non-hydrogen) atoms. The van der Waals surface area contributed by atoms with E-state index in [2.05, 4.69) is 15.9 Å². The van der Waals surface area contributed by atoms with Gasteiger partial charge >= 0.3 is 6.18 Å². The zero-order chi connectivity index (χ0) is 14.8. The van der Waals surface area contributed by atoms with Crippen LogP contribution < -0.4 is 4.90 Å². The summed E-state index contributed by atoms with van der Waals surface area (Å²) < 4.78 is 51.6. The first-order chi connectivity index (χ1) is 9.43. The zero-order valence-electron chi connectivity index (χ0n) is 10.9. The number of hydrogen-bond acceptors (Lipinski definition) is 1. The van der Waals surface area contributed by atoms with Crippen LogP contribution in [0.1, 0.15) is 31.2 Å². The van der Waals surface area contributed by atoms with Crippen molar-refractivity contribution in [1.82, 2.24) is 0 Å².